The number of hydrogen-bond donors (Lipinski definition) is 1. The molecule has 3 aliphatic rings. The van der Waals surface area contributed by atoms with Gasteiger partial charge in [0.25, 0.3) is 0 Å². The second kappa shape index (κ2) is 6.89. The molecular formula is C21H27FN2O3. The second-order valence-corrected chi connectivity index (χ2v) is 8.61. The lowest BCUT2D eigenvalue weighted by atomic mass is 9.76. The van der Waals surface area contributed by atoms with Crippen molar-refractivity contribution in [3.63, 3.8) is 0 Å². The summed E-state index contributed by atoms with van der Waals surface area (Å²) in [7, 11) is 0. The molecule has 1 unspecified atom stereocenters. The molecule has 1 spiro atoms. The van der Waals surface area contributed by atoms with Crippen LogP contribution in [0.3, 0.4) is 0 Å². The first-order valence-corrected chi connectivity index (χ1v) is 9.88. The van der Waals surface area contributed by atoms with Gasteiger partial charge in [0.1, 0.15) is 11.9 Å². The van der Waals surface area contributed by atoms with E-state index in [1.165, 1.54) is 0 Å². The van der Waals surface area contributed by atoms with Crippen LogP contribution in [0.25, 0.3) is 0 Å². The van der Waals surface area contributed by atoms with Crippen molar-refractivity contribution >= 4 is 11.9 Å². The summed E-state index contributed by atoms with van der Waals surface area (Å²) in [6.07, 6.45) is 4.28. The lowest BCUT2D eigenvalue weighted by Crippen LogP contribution is -2.44. The Hall–Kier alpha value is -1.95. The summed E-state index contributed by atoms with van der Waals surface area (Å²) in [5, 5.41) is 9.72. The lowest BCUT2D eigenvalue weighted by Gasteiger charge is -2.39. The molecule has 0 radical (unpaired) electrons. The first kappa shape index (κ1) is 18.4. The van der Waals surface area contributed by atoms with E-state index in [0.29, 0.717) is 43.7 Å². The monoisotopic (exact) mass is 374 g/mol. The van der Waals surface area contributed by atoms with E-state index in [4.69, 9.17) is 0 Å². The Morgan fingerprint density at radius 2 is 1.96 bits per heavy atom. The van der Waals surface area contributed by atoms with Gasteiger partial charge in [-0.05, 0) is 50.0 Å². The molecule has 2 saturated heterocycles. The molecule has 146 valence electrons. The number of carbonyl (C=O) groups excluding carboxylic acids is 1. The molecule has 6 heteroatoms. The van der Waals surface area contributed by atoms with Gasteiger partial charge in [-0.1, -0.05) is 18.2 Å². The Labute approximate surface area is 159 Å². The third-order valence-electron chi connectivity index (χ3n) is 6.60. The molecular weight excluding hydrogens is 347 g/mol. The van der Waals surface area contributed by atoms with Crippen LogP contribution in [0.1, 0.15) is 43.2 Å². The molecule has 1 amide bonds. The number of rotatable bonds is 4. The number of amides is 1. The van der Waals surface area contributed by atoms with E-state index < -0.39 is 12.0 Å². The maximum absolute atomic E-state index is 14.4. The van der Waals surface area contributed by atoms with Gasteiger partial charge in [-0.25, -0.2) is 4.39 Å². The van der Waals surface area contributed by atoms with Crippen molar-refractivity contribution in [1.29, 1.82) is 0 Å². The summed E-state index contributed by atoms with van der Waals surface area (Å²) in [6, 6.07) is 4.70. The molecule has 2 heterocycles. The van der Waals surface area contributed by atoms with E-state index in [1.807, 2.05) is 15.9 Å². The first-order chi connectivity index (χ1) is 12.9. The fraction of sp³-hybridized carbons (Fsp3) is 0.619. The lowest BCUT2D eigenvalue weighted by molar-refractivity contribution is -0.142. The van der Waals surface area contributed by atoms with Crippen molar-refractivity contribution in [2.75, 3.05) is 19.6 Å². The van der Waals surface area contributed by atoms with E-state index in [0.717, 1.165) is 25.7 Å². The van der Waals surface area contributed by atoms with E-state index in [1.54, 1.807) is 19.1 Å². The van der Waals surface area contributed by atoms with Crippen LogP contribution in [0.4, 0.5) is 4.39 Å². The van der Waals surface area contributed by atoms with Crippen LogP contribution in [0.5, 0.6) is 0 Å². The Kier molecular flexibility index (Phi) is 4.70. The van der Waals surface area contributed by atoms with Crippen molar-refractivity contribution in [2.45, 2.75) is 51.6 Å². The summed E-state index contributed by atoms with van der Waals surface area (Å²) >= 11 is 0. The molecule has 1 aliphatic carbocycles. The average molecular weight is 374 g/mol. The summed E-state index contributed by atoms with van der Waals surface area (Å²) in [4.78, 5) is 28.0. The number of carboxylic acid groups (broad SMARTS) is 1. The van der Waals surface area contributed by atoms with Crippen molar-refractivity contribution < 1.29 is 19.1 Å². The Balaban J connectivity index is 1.46. The van der Waals surface area contributed by atoms with Crippen molar-refractivity contribution in [3.8, 4) is 0 Å². The highest BCUT2D eigenvalue weighted by Crippen LogP contribution is 2.45. The molecule has 1 saturated carbocycles. The van der Waals surface area contributed by atoms with E-state index in [-0.39, 0.29) is 23.1 Å². The quantitative estimate of drug-likeness (QED) is 0.880. The van der Waals surface area contributed by atoms with Crippen LogP contribution in [-0.4, -0.2) is 52.5 Å². The van der Waals surface area contributed by atoms with E-state index in [2.05, 4.69) is 0 Å². The van der Waals surface area contributed by atoms with Gasteiger partial charge in [0.2, 0.25) is 5.91 Å². The minimum Gasteiger partial charge on any atom is -0.480 e. The average Bonchev–Trinajstić information content (AvgIpc) is 3.43. The summed E-state index contributed by atoms with van der Waals surface area (Å²) in [5.41, 5.74) is 1.06. The maximum Gasteiger partial charge on any atom is 0.320 e. The van der Waals surface area contributed by atoms with Crippen LogP contribution in [-0.2, 0) is 16.1 Å². The largest absolute Gasteiger partial charge is 0.480 e. The predicted octanol–water partition coefficient (Wildman–Crippen LogP) is 2.81. The van der Waals surface area contributed by atoms with Crippen LogP contribution in [0, 0.1) is 24.1 Å². The molecule has 27 heavy (non-hydrogen) atoms. The number of likely N-dealkylation sites (tertiary alicyclic amines) is 2. The number of aryl methyl sites for hydroxylation is 1. The smallest absolute Gasteiger partial charge is 0.320 e. The van der Waals surface area contributed by atoms with Gasteiger partial charge in [-0.3, -0.25) is 14.5 Å². The highest BCUT2D eigenvalue weighted by molar-refractivity contribution is 5.81. The van der Waals surface area contributed by atoms with Gasteiger partial charge in [0.15, 0.2) is 0 Å². The van der Waals surface area contributed by atoms with Crippen molar-refractivity contribution in [3.05, 3.63) is 35.1 Å². The Bertz CT molecular complexity index is 754. The number of hydrogen-bond acceptors (Lipinski definition) is 3. The van der Waals surface area contributed by atoms with Crippen LogP contribution >= 0.6 is 0 Å². The maximum atomic E-state index is 14.4. The molecule has 2 aliphatic heterocycles. The Morgan fingerprint density at radius 3 is 2.59 bits per heavy atom. The zero-order chi connectivity index (χ0) is 19.2. The highest BCUT2D eigenvalue weighted by Gasteiger charge is 2.49. The Morgan fingerprint density at radius 1 is 1.26 bits per heavy atom. The van der Waals surface area contributed by atoms with Crippen molar-refractivity contribution in [2.24, 2.45) is 11.3 Å². The third-order valence-corrected chi connectivity index (χ3v) is 6.60. The van der Waals surface area contributed by atoms with Gasteiger partial charge in [-0.2, -0.15) is 0 Å². The van der Waals surface area contributed by atoms with E-state index in [9.17, 15) is 19.1 Å². The third kappa shape index (κ3) is 3.59. The van der Waals surface area contributed by atoms with Crippen LogP contribution < -0.4 is 0 Å². The van der Waals surface area contributed by atoms with E-state index >= 15 is 0 Å². The predicted molar refractivity (Wildman–Crippen MR) is 98.6 cm³/mol. The van der Waals surface area contributed by atoms with Crippen LogP contribution in [0.15, 0.2) is 18.2 Å². The summed E-state index contributed by atoms with van der Waals surface area (Å²) < 4.78 is 14.4. The van der Waals surface area contributed by atoms with Gasteiger partial charge in [-0.15, -0.1) is 0 Å². The van der Waals surface area contributed by atoms with Crippen molar-refractivity contribution in [1.82, 2.24) is 9.80 Å². The number of halogens is 1. The SMILES string of the molecule is Cc1cccc(CN2CC3(CCN(C(=O)C4CC4)CC3)CC2C(=O)O)c1F. The van der Waals surface area contributed by atoms with Gasteiger partial charge >= 0.3 is 5.97 Å². The minimum atomic E-state index is -0.837. The molecule has 1 aromatic rings. The molecule has 1 N–H and O–H groups in total. The summed E-state index contributed by atoms with van der Waals surface area (Å²) in [5.74, 6) is -0.574. The molecule has 1 atom stereocenters. The molecule has 4 rings (SSSR count). The standard InChI is InChI=1S/C21H27FN2O3/c1-14-3-2-4-16(18(14)22)12-24-13-21(11-17(24)20(26)27)7-9-23(10-8-21)19(25)15-5-6-15/h2-4,15,17H,5-13H2,1H3,(H,26,27). The number of carbonyl (C=O) groups is 2. The molecule has 0 bridgehead atoms. The normalized spacial score (nSPS) is 25.1. The number of benzene rings is 1. The molecule has 1 aromatic carbocycles. The first-order valence-electron chi connectivity index (χ1n) is 9.88. The number of piperidine rings is 1. The number of nitrogens with zero attached hydrogens (tertiary/aromatic N) is 2. The van der Waals surface area contributed by atoms with Gasteiger partial charge in [0, 0.05) is 37.7 Å². The van der Waals surface area contributed by atoms with Gasteiger partial charge in [0.05, 0.1) is 0 Å². The number of carboxylic acids is 1. The fourth-order valence-corrected chi connectivity index (χ4v) is 4.76. The molecule has 0 aromatic heterocycles. The fourth-order valence-electron chi connectivity index (χ4n) is 4.76. The minimum absolute atomic E-state index is 0.0797. The topological polar surface area (TPSA) is 60.9 Å². The molecule has 5 nitrogen and oxygen atoms in total. The van der Waals surface area contributed by atoms with Gasteiger partial charge < -0.3 is 10.0 Å². The zero-order valence-electron chi connectivity index (χ0n) is 15.8. The second-order valence-electron chi connectivity index (χ2n) is 8.61. The van der Waals surface area contributed by atoms with Crippen LogP contribution in [0.2, 0.25) is 0 Å². The zero-order valence-corrected chi connectivity index (χ0v) is 15.8. The molecule has 3 fully saturated rings. The number of aliphatic carboxylic acids is 1. The highest BCUT2D eigenvalue weighted by atomic mass is 19.1. The summed E-state index contributed by atoms with van der Waals surface area (Å²) in [6.45, 7) is 4.13.